The van der Waals surface area contributed by atoms with Gasteiger partial charge in [-0.15, -0.1) is 0 Å². The third-order valence-electron chi connectivity index (χ3n) is 4.33. The van der Waals surface area contributed by atoms with Crippen molar-refractivity contribution in [3.63, 3.8) is 0 Å². The number of hydrogen-bond donors (Lipinski definition) is 2. The normalized spacial score (nSPS) is 22.5. The number of β-amino-alcohol motifs (C(OH)–C–C–N with tert-alkyl or cyclic N) is 1. The molecule has 2 fully saturated rings. The van der Waals surface area contributed by atoms with Gasteiger partial charge in [-0.1, -0.05) is 0 Å². The first-order valence-electron chi connectivity index (χ1n) is 8.24. The highest BCUT2D eigenvalue weighted by Crippen LogP contribution is 2.12. The molecule has 2 rings (SSSR count). The van der Waals surface area contributed by atoms with Gasteiger partial charge in [0.25, 0.3) is 0 Å². The third-order valence-corrected chi connectivity index (χ3v) is 4.33. The van der Waals surface area contributed by atoms with E-state index in [9.17, 15) is 9.90 Å². The van der Waals surface area contributed by atoms with Gasteiger partial charge in [-0.25, -0.2) is 4.79 Å². The second kappa shape index (κ2) is 8.56. The van der Waals surface area contributed by atoms with Gasteiger partial charge in [-0.3, -0.25) is 0 Å². The van der Waals surface area contributed by atoms with Crippen molar-refractivity contribution in [1.29, 1.82) is 0 Å². The zero-order chi connectivity index (χ0) is 15.1. The summed E-state index contributed by atoms with van der Waals surface area (Å²) in [5, 5.41) is 13.5. The summed E-state index contributed by atoms with van der Waals surface area (Å²) in [6.07, 6.45) is 3.86. The quantitative estimate of drug-likeness (QED) is 0.754. The van der Waals surface area contributed by atoms with Crippen molar-refractivity contribution < 1.29 is 14.6 Å². The van der Waals surface area contributed by atoms with E-state index in [1.54, 1.807) is 4.90 Å². The Bertz CT molecular complexity index is 313. The van der Waals surface area contributed by atoms with Crippen molar-refractivity contribution in [2.45, 2.75) is 44.8 Å². The maximum absolute atomic E-state index is 11.6. The van der Waals surface area contributed by atoms with Crippen LogP contribution in [0.4, 0.5) is 4.79 Å². The number of nitrogens with one attached hydrogen (secondary N) is 1. The number of rotatable bonds is 6. The Labute approximate surface area is 127 Å². The molecule has 0 aromatic heterocycles. The molecule has 2 aliphatic rings. The molecule has 2 aliphatic heterocycles. The Kier molecular flexibility index (Phi) is 6.73. The van der Waals surface area contributed by atoms with Crippen LogP contribution in [0.25, 0.3) is 0 Å². The van der Waals surface area contributed by atoms with Gasteiger partial charge < -0.3 is 25.0 Å². The van der Waals surface area contributed by atoms with Crippen LogP contribution in [-0.4, -0.2) is 79.0 Å². The standard InChI is InChI=1S/C15H29N3O3/c1-2-21-15(20)18-9-5-13(6-10-18)16-11-14(19)12-17-7-3-4-8-17/h13-14,16,19H,2-12H2,1H3. The summed E-state index contributed by atoms with van der Waals surface area (Å²) in [6, 6.07) is 0.393. The van der Waals surface area contributed by atoms with E-state index in [1.807, 2.05) is 6.92 Å². The van der Waals surface area contributed by atoms with Crippen LogP contribution in [0.15, 0.2) is 0 Å². The summed E-state index contributed by atoms with van der Waals surface area (Å²) in [5.41, 5.74) is 0. The third kappa shape index (κ3) is 5.45. The first-order chi connectivity index (χ1) is 10.2. The molecule has 2 saturated heterocycles. The van der Waals surface area contributed by atoms with Crippen LogP contribution in [0, 0.1) is 0 Å². The summed E-state index contributed by atoms with van der Waals surface area (Å²) in [4.78, 5) is 15.7. The number of nitrogens with zero attached hydrogens (tertiary/aromatic N) is 2. The van der Waals surface area contributed by atoms with Gasteiger partial charge in [0.2, 0.25) is 0 Å². The largest absolute Gasteiger partial charge is 0.450 e. The molecule has 2 heterocycles. The van der Waals surface area contributed by atoms with Crippen LogP contribution in [0.5, 0.6) is 0 Å². The average Bonchev–Trinajstić information content (AvgIpc) is 2.99. The molecule has 2 N–H and O–H groups in total. The lowest BCUT2D eigenvalue weighted by atomic mass is 10.1. The highest BCUT2D eigenvalue weighted by molar-refractivity contribution is 5.67. The molecular weight excluding hydrogens is 270 g/mol. The number of amides is 1. The fourth-order valence-electron chi connectivity index (χ4n) is 3.11. The van der Waals surface area contributed by atoms with Gasteiger partial charge in [-0.2, -0.15) is 0 Å². The molecule has 0 spiro atoms. The molecule has 0 radical (unpaired) electrons. The lowest BCUT2D eigenvalue weighted by molar-refractivity contribution is 0.0898. The van der Waals surface area contributed by atoms with Crippen molar-refractivity contribution in [3.8, 4) is 0 Å². The summed E-state index contributed by atoms with van der Waals surface area (Å²) >= 11 is 0. The van der Waals surface area contributed by atoms with Crippen molar-refractivity contribution in [1.82, 2.24) is 15.1 Å². The second-order valence-electron chi connectivity index (χ2n) is 6.03. The molecule has 122 valence electrons. The van der Waals surface area contributed by atoms with E-state index >= 15 is 0 Å². The van der Waals surface area contributed by atoms with Gasteiger partial charge in [0.05, 0.1) is 12.7 Å². The van der Waals surface area contributed by atoms with Crippen molar-refractivity contribution >= 4 is 6.09 Å². The number of carbonyl (C=O) groups is 1. The molecule has 0 aromatic rings. The zero-order valence-electron chi connectivity index (χ0n) is 13.1. The molecule has 1 unspecified atom stereocenters. The van der Waals surface area contributed by atoms with E-state index in [4.69, 9.17) is 4.74 Å². The average molecular weight is 299 g/mol. The van der Waals surface area contributed by atoms with Gasteiger partial charge in [0.15, 0.2) is 0 Å². The molecular formula is C15H29N3O3. The number of aliphatic hydroxyl groups excluding tert-OH is 1. The van der Waals surface area contributed by atoms with Crippen LogP contribution in [0.1, 0.15) is 32.6 Å². The minimum Gasteiger partial charge on any atom is -0.450 e. The lowest BCUT2D eigenvalue weighted by Gasteiger charge is -2.32. The zero-order valence-corrected chi connectivity index (χ0v) is 13.1. The van der Waals surface area contributed by atoms with Gasteiger partial charge in [0.1, 0.15) is 0 Å². The van der Waals surface area contributed by atoms with Crippen molar-refractivity contribution in [2.24, 2.45) is 0 Å². The van der Waals surface area contributed by atoms with E-state index in [-0.39, 0.29) is 12.2 Å². The van der Waals surface area contributed by atoms with E-state index in [2.05, 4.69) is 10.2 Å². The first-order valence-corrected chi connectivity index (χ1v) is 8.24. The second-order valence-corrected chi connectivity index (χ2v) is 6.03. The molecule has 1 amide bonds. The monoisotopic (exact) mass is 299 g/mol. The van der Waals surface area contributed by atoms with Gasteiger partial charge in [-0.05, 0) is 45.7 Å². The highest BCUT2D eigenvalue weighted by atomic mass is 16.6. The minimum atomic E-state index is -0.300. The summed E-state index contributed by atoms with van der Waals surface area (Å²) in [5.74, 6) is 0. The lowest BCUT2D eigenvalue weighted by Crippen LogP contribution is -2.47. The molecule has 21 heavy (non-hydrogen) atoms. The van der Waals surface area contributed by atoms with Gasteiger partial charge >= 0.3 is 6.09 Å². The molecule has 0 bridgehead atoms. The van der Waals surface area contributed by atoms with Gasteiger partial charge in [0, 0.05) is 32.2 Å². The Morgan fingerprint density at radius 2 is 1.95 bits per heavy atom. The fraction of sp³-hybridized carbons (Fsp3) is 0.933. The summed E-state index contributed by atoms with van der Waals surface area (Å²) in [7, 11) is 0. The maximum atomic E-state index is 11.6. The predicted octanol–water partition coefficient (Wildman–Crippen LogP) is 0.654. The van der Waals surface area contributed by atoms with E-state index in [1.165, 1.54) is 12.8 Å². The summed E-state index contributed by atoms with van der Waals surface area (Å²) < 4.78 is 5.01. The van der Waals surface area contributed by atoms with Crippen LogP contribution in [0.3, 0.4) is 0 Å². The number of aliphatic hydroxyl groups is 1. The summed E-state index contributed by atoms with van der Waals surface area (Å²) in [6.45, 7) is 7.38. The maximum Gasteiger partial charge on any atom is 0.409 e. The predicted molar refractivity (Wildman–Crippen MR) is 81.3 cm³/mol. The fourth-order valence-corrected chi connectivity index (χ4v) is 3.11. The van der Waals surface area contributed by atoms with E-state index in [0.29, 0.717) is 19.2 Å². The van der Waals surface area contributed by atoms with Crippen molar-refractivity contribution in [3.05, 3.63) is 0 Å². The van der Waals surface area contributed by atoms with E-state index < -0.39 is 0 Å². The molecule has 1 atom stereocenters. The van der Waals surface area contributed by atoms with Crippen LogP contribution in [-0.2, 0) is 4.74 Å². The number of likely N-dealkylation sites (tertiary alicyclic amines) is 2. The molecule has 6 nitrogen and oxygen atoms in total. The Balaban J connectivity index is 1.58. The van der Waals surface area contributed by atoms with Crippen LogP contribution in [0.2, 0.25) is 0 Å². The van der Waals surface area contributed by atoms with Crippen LogP contribution < -0.4 is 5.32 Å². The number of piperidine rings is 1. The highest BCUT2D eigenvalue weighted by Gasteiger charge is 2.24. The number of hydrogen-bond acceptors (Lipinski definition) is 5. The van der Waals surface area contributed by atoms with Crippen LogP contribution >= 0.6 is 0 Å². The smallest absolute Gasteiger partial charge is 0.409 e. The Morgan fingerprint density at radius 3 is 2.57 bits per heavy atom. The van der Waals surface area contributed by atoms with Crippen molar-refractivity contribution in [2.75, 3.05) is 45.9 Å². The minimum absolute atomic E-state index is 0.204. The Morgan fingerprint density at radius 1 is 1.29 bits per heavy atom. The number of ether oxygens (including phenoxy) is 1. The number of carbonyl (C=O) groups excluding carboxylic acids is 1. The first kappa shape index (κ1) is 16.5. The van der Waals surface area contributed by atoms with E-state index in [0.717, 1.165) is 45.6 Å². The molecule has 0 aromatic carbocycles. The molecule has 0 saturated carbocycles. The molecule has 6 heteroatoms. The molecule has 0 aliphatic carbocycles. The Hall–Kier alpha value is -0.850. The SMILES string of the molecule is CCOC(=O)N1CCC(NCC(O)CN2CCCC2)CC1. The topological polar surface area (TPSA) is 65.0 Å².